The van der Waals surface area contributed by atoms with Crippen LogP contribution in [0.15, 0.2) is 18.2 Å². The van der Waals surface area contributed by atoms with E-state index >= 15 is 0 Å². The van der Waals surface area contributed by atoms with Crippen LogP contribution in [0, 0.1) is 0 Å². The molecule has 0 aromatic heterocycles. The monoisotopic (exact) mass is 287 g/mol. The molecule has 20 heavy (non-hydrogen) atoms. The second-order valence-corrected chi connectivity index (χ2v) is 5.10. The zero-order chi connectivity index (χ0) is 14.8. The van der Waals surface area contributed by atoms with Crippen LogP contribution in [0.3, 0.4) is 0 Å². The topological polar surface area (TPSA) is 32.5 Å². The van der Waals surface area contributed by atoms with E-state index in [1.807, 2.05) is 0 Å². The molecule has 112 valence electrons. The molecule has 2 N–H and O–H groups in total. The molecule has 1 saturated heterocycles. The number of halogens is 3. The van der Waals surface area contributed by atoms with Crippen LogP contribution in [0.25, 0.3) is 0 Å². The molecule has 1 aromatic rings. The Labute approximate surface area is 117 Å². The van der Waals surface area contributed by atoms with Gasteiger partial charge in [0.25, 0.3) is 0 Å². The van der Waals surface area contributed by atoms with Crippen molar-refractivity contribution in [3.05, 3.63) is 23.8 Å². The number of hydrogen-bond acceptors (Lipinski definition) is 3. The summed E-state index contributed by atoms with van der Waals surface area (Å²) in [5.41, 5.74) is 6.00. The van der Waals surface area contributed by atoms with Gasteiger partial charge in [0.05, 0.1) is 16.9 Å². The summed E-state index contributed by atoms with van der Waals surface area (Å²) < 4.78 is 37.8. The van der Waals surface area contributed by atoms with E-state index in [1.54, 1.807) is 0 Å². The van der Waals surface area contributed by atoms with Gasteiger partial charge in [-0.1, -0.05) is 6.92 Å². The van der Waals surface area contributed by atoms with Crippen molar-refractivity contribution in [2.45, 2.75) is 19.5 Å². The molecule has 3 nitrogen and oxygen atoms in total. The van der Waals surface area contributed by atoms with E-state index in [0.717, 1.165) is 51.3 Å². The Morgan fingerprint density at radius 2 is 1.80 bits per heavy atom. The van der Waals surface area contributed by atoms with Gasteiger partial charge in [0.15, 0.2) is 0 Å². The molecule has 0 atom stereocenters. The van der Waals surface area contributed by atoms with E-state index in [9.17, 15) is 13.2 Å². The van der Waals surface area contributed by atoms with E-state index in [2.05, 4.69) is 16.7 Å². The summed E-state index contributed by atoms with van der Waals surface area (Å²) in [5.74, 6) is 0. The average molecular weight is 287 g/mol. The lowest BCUT2D eigenvalue weighted by Gasteiger charge is -2.36. The summed E-state index contributed by atoms with van der Waals surface area (Å²) in [6.45, 7) is 6.66. The van der Waals surface area contributed by atoms with Gasteiger partial charge in [-0.2, -0.15) is 13.2 Å². The minimum absolute atomic E-state index is 0.198. The molecular formula is C14H20F3N3. The highest BCUT2D eigenvalue weighted by Crippen LogP contribution is 2.34. The molecule has 0 unspecified atom stereocenters. The Bertz CT molecular complexity index is 451. The molecule has 6 heteroatoms. The maximum Gasteiger partial charge on any atom is 0.416 e. The largest absolute Gasteiger partial charge is 0.416 e. The second-order valence-electron chi connectivity index (χ2n) is 5.10. The molecule has 2 rings (SSSR count). The zero-order valence-corrected chi connectivity index (χ0v) is 11.6. The van der Waals surface area contributed by atoms with E-state index in [1.165, 1.54) is 6.07 Å². The van der Waals surface area contributed by atoms with Crippen molar-refractivity contribution in [3.63, 3.8) is 0 Å². The van der Waals surface area contributed by atoms with Crippen LogP contribution in [-0.4, -0.2) is 37.6 Å². The first-order valence-corrected chi connectivity index (χ1v) is 6.86. The lowest BCUT2D eigenvalue weighted by atomic mass is 10.1. The zero-order valence-electron chi connectivity index (χ0n) is 11.6. The van der Waals surface area contributed by atoms with Crippen molar-refractivity contribution in [3.8, 4) is 0 Å². The summed E-state index contributed by atoms with van der Waals surface area (Å²) in [6.07, 6.45) is -3.23. The highest BCUT2D eigenvalue weighted by molar-refractivity contribution is 5.69. The third-order valence-corrected chi connectivity index (χ3v) is 3.61. The maximum atomic E-state index is 12.6. The molecule has 0 aliphatic carbocycles. The van der Waals surface area contributed by atoms with Gasteiger partial charge in [0.2, 0.25) is 0 Å². The van der Waals surface area contributed by atoms with Gasteiger partial charge < -0.3 is 10.6 Å². The van der Waals surface area contributed by atoms with Gasteiger partial charge in [-0.25, -0.2) is 0 Å². The van der Waals surface area contributed by atoms with E-state index in [0.29, 0.717) is 5.69 Å². The molecule has 0 spiro atoms. The Hall–Kier alpha value is -1.43. The standard InChI is InChI=1S/C14H20F3N3/c1-2-5-19-6-8-20(9-7-19)13-4-3-11(10-12(13)18)14(15,16)17/h3-4,10H,2,5-9,18H2,1H3. The van der Waals surface area contributed by atoms with Crippen molar-refractivity contribution in [1.82, 2.24) is 4.90 Å². The summed E-state index contributed by atoms with van der Waals surface area (Å²) in [4.78, 5) is 4.42. The Morgan fingerprint density at radius 3 is 2.30 bits per heavy atom. The van der Waals surface area contributed by atoms with Gasteiger partial charge in [-0.15, -0.1) is 0 Å². The molecule has 1 aliphatic heterocycles. The van der Waals surface area contributed by atoms with E-state index in [-0.39, 0.29) is 5.69 Å². The lowest BCUT2D eigenvalue weighted by Crippen LogP contribution is -2.46. The molecule has 1 heterocycles. The minimum Gasteiger partial charge on any atom is -0.397 e. The van der Waals surface area contributed by atoms with Gasteiger partial charge in [0, 0.05) is 26.2 Å². The molecular weight excluding hydrogens is 267 g/mol. The summed E-state index contributed by atoms with van der Waals surface area (Å²) >= 11 is 0. The SMILES string of the molecule is CCCN1CCN(c2ccc(C(F)(F)F)cc2N)CC1. The van der Waals surface area contributed by atoms with Crippen molar-refractivity contribution in [2.75, 3.05) is 43.4 Å². The molecule has 0 amide bonds. The Balaban J connectivity index is 2.07. The van der Waals surface area contributed by atoms with Crippen LogP contribution < -0.4 is 10.6 Å². The summed E-state index contributed by atoms with van der Waals surface area (Å²) in [6, 6.07) is 3.60. The summed E-state index contributed by atoms with van der Waals surface area (Å²) in [7, 11) is 0. The number of piperazine rings is 1. The van der Waals surface area contributed by atoms with Crippen molar-refractivity contribution in [1.29, 1.82) is 0 Å². The molecule has 0 saturated carbocycles. The van der Waals surface area contributed by atoms with E-state index < -0.39 is 11.7 Å². The number of nitrogens with two attached hydrogens (primary N) is 1. The molecule has 0 radical (unpaired) electrons. The van der Waals surface area contributed by atoms with Gasteiger partial charge in [-0.05, 0) is 31.2 Å². The first-order valence-electron chi connectivity index (χ1n) is 6.86. The maximum absolute atomic E-state index is 12.6. The van der Waals surface area contributed by atoms with Crippen LogP contribution in [0.4, 0.5) is 24.5 Å². The number of hydrogen-bond donors (Lipinski definition) is 1. The second kappa shape index (κ2) is 5.91. The fourth-order valence-corrected chi connectivity index (χ4v) is 2.55. The number of nitrogen functional groups attached to an aromatic ring is 1. The normalized spacial score (nSPS) is 17.5. The van der Waals surface area contributed by atoms with Crippen LogP contribution in [0.2, 0.25) is 0 Å². The number of alkyl halides is 3. The Morgan fingerprint density at radius 1 is 1.15 bits per heavy atom. The molecule has 1 aliphatic rings. The fourth-order valence-electron chi connectivity index (χ4n) is 2.55. The smallest absolute Gasteiger partial charge is 0.397 e. The van der Waals surface area contributed by atoms with E-state index in [4.69, 9.17) is 5.73 Å². The molecule has 1 aromatic carbocycles. The molecule has 1 fully saturated rings. The fraction of sp³-hybridized carbons (Fsp3) is 0.571. The van der Waals surface area contributed by atoms with Crippen molar-refractivity contribution in [2.24, 2.45) is 0 Å². The lowest BCUT2D eigenvalue weighted by molar-refractivity contribution is -0.137. The van der Waals surface area contributed by atoms with Crippen LogP contribution >= 0.6 is 0 Å². The third kappa shape index (κ3) is 3.36. The van der Waals surface area contributed by atoms with Crippen molar-refractivity contribution < 1.29 is 13.2 Å². The van der Waals surface area contributed by atoms with Gasteiger partial charge in [0.1, 0.15) is 0 Å². The minimum atomic E-state index is -4.34. The van der Waals surface area contributed by atoms with Crippen LogP contribution in [0.5, 0.6) is 0 Å². The third-order valence-electron chi connectivity index (χ3n) is 3.61. The number of rotatable bonds is 3. The predicted molar refractivity (Wildman–Crippen MR) is 74.8 cm³/mol. The quantitative estimate of drug-likeness (QED) is 0.868. The van der Waals surface area contributed by atoms with Gasteiger partial charge >= 0.3 is 6.18 Å². The first-order chi connectivity index (χ1) is 9.41. The number of nitrogens with zero attached hydrogens (tertiary/aromatic N) is 2. The molecule has 0 bridgehead atoms. The Kier molecular flexibility index (Phi) is 4.42. The van der Waals surface area contributed by atoms with Crippen LogP contribution in [-0.2, 0) is 6.18 Å². The highest BCUT2D eigenvalue weighted by atomic mass is 19.4. The average Bonchev–Trinajstić information content (AvgIpc) is 2.39. The predicted octanol–water partition coefficient (Wildman–Crippen LogP) is 2.82. The van der Waals surface area contributed by atoms with Gasteiger partial charge in [-0.3, -0.25) is 4.90 Å². The highest BCUT2D eigenvalue weighted by Gasteiger charge is 2.31. The van der Waals surface area contributed by atoms with Crippen LogP contribution in [0.1, 0.15) is 18.9 Å². The van der Waals surface area contributed by atoms with Crippen molar-refractivity contribution >= 4 is 11.4 Å². The summed E-state index contributed by atoms with van der Waals surface area (Å²) in [5, 5.41) is 0. The first kappa shape index (κ1) is 15.0. The number of anilines is 2. The number of benzene rings is 1.